The molecule has 3 saturated carbocycles. The normalized spacial score (nSPS) is 45.1. The van der Waals surface area contributed by atoms with Crippen LogP contribution in [0, 0.1) is 39.4 Å². The Morgan fingerprint density at radius 1 is 1.03 bits per heavy atom. The Balaban J connectivity index is 1.80. The molecule has 0 heterocycles. The van der Waals surface area contributed by atoms with E-state index in [1.54, 1.807) is 0 Å². The Morgan fingerprint density at radius 2 is 1.62 bits per heavy atom. The fourth-order valence-electron chi connectivity index (χ4n) is 9.00. The first-order valence-corrected chi connectivity index (χ1v) is 13.5. The van der Waals surface area contributed by atoms with E-state index in [-0.39, 0.29) is 36.2 Å². The molecule has 4 aliphatic carbocycles. The van der Waals surface area contributed by atoms with Crippen molar-refractivity contribution >= 4 is 17.3 Å². The molecule has 0 aromatic carbocycles. The zero-order valence-electron chi connectivity index (χ0n) is 23.5. The minimum absolute atomic E-state index is 0.0141. The van der Waals surface area contributed by atoms with Crippen molar-refractivity contribution in [3.8, 4) is 0 Å². The molecule has 0 aromatic heterocycles. The Morgan fingerprint density at radius 3 is 2.19 bits per heavy atom. The second-order valence-electron chi connectivity index (χ2n) is 14.2. The first-order chi connectivity index (χ1) is 16.7. The van der Waals surface area contributed by atoms with Gasteiger partial charge >= 0.3 is 0 Å². The fourth-order valence-corrected chi connectivity index (χ4v) is 9.00. The molecule has 0 radical (unpaired) electrons. The van der Waals surface area contributed by atoms with Crippen LogP contribution in [-0.4, -0.2) is 61.2 Å². The van der Waals surface area contributed by atoms with Crippen LogP contribution in [0.15, 0.2) is 23.8 Å². The van der Waals surface area contributed by atoms with Crippen LogP contribution in [-0.2, 0) is 14.4 Å². The minimum atomic E-state index is -1.95. The van der Waals surface area contributed by atoms with Gasteiger partial charge in [-0.05, 0) is 82.6 Å². The molecule has 7 nitrogen and oxygen atoms in total. The molecule has 1 unspecified atom stereocenters. The molecule has 0 bridgehead atoms. The van der Waals surface area contributed by atoms with Gasteiger partial charge in [0.2, 0.25) is 0 Å². The number of aliphatic hydroxyl groups excluding tert-OH is 2. The van der Waals surface area contributed by atoms with Gasteiger partial charge in [0.05, 0.1) is 11.7 Å². The predicted octanol–water partition coefficient (Wildman–Crippen LogP) is 2.93. The fraction of sp³-hybridized carbons (Fsp3) is 0.767. The van der Waals surface area contributed by atoms with E-state index in [4.69, 9.17) is 0 Å². The van der Waals surface area contributed by atoms with Crippen LogP contribution < -0.4 is 0 Å². The van der Waals surface area contributed by atoms with Gasteiger partial charge in [0.1, 0.15) is 17.5 Å². The highest BCUT2D eigenvalue weighted by molar-refractivity contribution is 5.98. The van der Waals surface area contributed by atoms with Crippen molar-refractivity contribution in [2.45, 2.75) is 104 Å². The van der Waals surface area contributed by atoms with Crippen LogP contribution in [0.1, 0.15) is 81.1 Å². The van der Waals surface area contributed by atoms with Crippen LogP contribution in [0.3, 0.4) is 0 Å². The van der Waals surface area contributed by atoms with Crippen molar-refractivity contribution in [1.82, 2.24) is 0 Å². The van der Waals surface area contributed by atoms with E-state index in [1.165, 1.54) is 32.9 Å². The second kappa shape index (κ2) is 8.17. The summed E-state index contributed by atoms with van der Waals surface area (Å²) in [6.07, 6.45) is 3.54. The number of hydrogen-bond acceptors (Lipinski definition) is 7. The van der Waals surface area contributed by atoms with Crippen molar-refractivity contribution in [2.24, 2.45) is 39.4 Å². The third-order valence-corrected chi connectivity index (χ3v) is 11.1. The number of rotatable bonds is 4. The van der Waals surface area contributed by atoms with Gasteiger partial charge in [0.15, 0.2) is 11.6 Å². The highest BCUT2D eigenvalue weighted by atomic mass is 16.3. The Labute approximate surface area is 220 Å². The molecule has 7 heteroatoms. The predicted molar refractivity (Wildman–Crippen MR) is 138 cm³/mol. The zero-order valence-corrected chi connectivity index (χ0v) is 23.5. The first-order valence-electron chi connectivity index (χ1n) is 13.5. The molecular formula is C30H44O7. The molecule has 4 N–H and O–H groups in total. The lowest BCUT2D eigenvalue weighted by Crippen LogP contribution is -2.65. The molecule has 0 aliphatic heterocycles. The Hall–Kier alpha value is -1.67. The smallest absolute Gasteiger partial charge is 0.187 e. The summed E-state index contributed by atoms with van der Waals surface area (Å²) >= 11 is 0. The highest BCUT2D eigenvalue weighted by Crippen LogP contribution is 2.74. The van der Waals surface area contributed by atoms with Crippen molar-refractivity contribution in [2.75, 3.05) is 0 Å². The molecule has 206 valence electrons. The number of ketones is 3. The van der Waals surface area contributed by atoms with E-state index < -0.39 is 56.8 Å². The zero-order chi connectivity index (χ0) is 28.1. The van der Waals surface area contributed by atoms with Gasteiger partial charge in [-0.25, -0.2) is 0 Å². The molecule has 0 spiro atoms. The van der Waals surface area contributed by atoms with Gasteiger partial charge in [-0.3, -0.25) is 14.4 Å². The first kappa shape index (κ1) is 28.3. The maximum Gasteiger partial charge on any atom is 0.187 e. The van der Waals surface area contributed by atoms with Crippen LogP contribution in [0.2, 0.25) is 0 Å². The number of fused-ring (bicyclic) bond motifs is 5. The molecule has 4 rings (SSSR count). The average molecular weight is 517 g/mol. The summed E-state index contributed by atoms with van der Waals surface area (Å²) in [6.45, 7) is 14.0. The summed E-state index contributed by atoms with van der Waals surface area (Å²) in [5, 5.41) is 43.7. The SMILES string of the molecule is CC(C)(O)/C=C/C(=O)C(C)(O)[C@H]1[C@@H](O)C[C@@]2(C)[C@@H]3CC=C4[C@@H](C[C@H](O)C(=O)C4(C)C)[C@]3(C)C(=O)C[C@]12C. The van der Waals surface area contributed by atoms with E-state index in [1.807, 2.05) is 27.7 Å². The number of allylic oxidation sites excluding steroid dienone is 2. The second-order valence-corrected chi connectivity index (χ2v) is 14.2. The van der Waals surface area contributed by atoms with Gasteiger partial charge in [0.25, 0.3) is 0 Å². The van der Waals surface area contributed by atoms with Gasteiger partial charge < -0.3 is 20.4 Å². The quantitative estimate of drug-likeness (QED) is 0.334. The summed E-state index contributed by atoms with van der Waals surface area (Å²) in [7, 11) is 0. The number of carbonyl (C=O) groups is 3. The third-order valence-electron chi connectivity index (χ3n) is 11.1. The van der Waals surface area contributed by atoms with Crippen LogP contribution in [0.5, 0.6) is 0 Å². The lowest BCUT2D eigenvalue weighted by atomic mass is 9.38. The topological polar surface area (TPSA) is 132 Å². The Kier molecular flexibility index (Phi) is 6.26. The van der Waals surface area contributed by atoms with Crippen LogP contribution >= 0.6 is 0 Å². The number of Topliss-reactive ketones (excluding diaryl/α,β-unsaturated/α-hetero) is 2. The maximum absolute atomic E-state index is 14.2. The van der Waals surface area contributed by atoms with Gasteiger partial charge in [-0.15, -0.1) is 0 Å². The van der Waals surface area contributed by atoms with Crippen LogP contribution in [0.25, 0.3) is 0 Å². The van der Waals surface area contributed by atoms with E-state index in [0.717, 1.165) is 5.57 Å². The van der Waals surface area contributed by atoms with E-state index in [0.29, 0.717) is 12.8 Å². The average Bonchev–Trinajstić information content (AvgIpc) is 2.96. The molecule has 0 amide bonds. The van der Waals surface area contributed by atoms with E-state index in [2.05, 4.69) is 13.0 Å². The highest BCUT2D eigenvalue weighted by Gasteiger charge is 2.74. The summed E-state index contributed by atoms with van der Waals surface area (Å²) in [4.78, 5) is 40.2. The lowest BCUT2D eigenvalue weighted by molar-refractivity contribution is -0.183. The lowest BCUT2D eigenvalue weighted by Gasteiger charge is -2.64. The Bertz CT molecular complexity index is 1090. The number of carbonyl (C=O) groups excluding carboxylic acids is 3. The van der Waals surface area contributed by atoms with Crippen LogP contribution in [0.4, 0.5) is 0 Å². The molecule has 4 aliphatic rings. The number of aliphatic hydroxyl groups is 4. The number of hydrogen-bond donors (Lipinski definition) is 4. The minimum Gasteiger partial charge on any atom is -0.393 e. The molecular weight excluding hydrogens is 472 g/mol. The van der Waals surface area contributed by atoms with E-state index >= 15 is 0 Å². The van der Waals surface area contributed by atoms with Crippen molar-refractivity contribution < 1.29 is 34.8 Å². The standard InChI is InChI=1S/C30H44O7/c1-25(2,36)12-11-21(33)30(8,37)23-19(32)14-27(5)20-10-9-16-17(13-18(31)24(35)26(16,3)4)29(20,7)22(34)15-28(23,27)6/h9,11-12,17-20,23,31-32,36-37H,10,13-15H2,1-8H3/b12-11+/t17-,18+,19+,20+,23+,27+,28-,29+,30?/m1/s1. The summed E-state index contributed by atoms with van der Waals surface area (Å²) in [6, 6.07) is 0. The summed E-state index contributed by atoms with van der Waals surface area (Å²) < 4.78 is 0. The molecule has 3 fully saturated rings. The largest absolute Gasteiger partial charge is 0.393 e. The molecule has 37 heavy (non-hydrogen) atoms. The molecule has 0 saturated heterocycles. The maximum atomic E-state index is 14.2. The summed E-state index contributed by atoms with van der Waals surface area (Å²) in [5.41, 5.74) is -5.46. The van der Waals surface area contributed by atoms with Gasteiger partial charge in [-0.1, -0.05) is 38.5 Å². The molecule has 0 aromatic rings. The van der Waals surface area contributed by atoms with Crippen molar-refractivity contribution in [3.05, 3.63) is 23.8 Å². The monoisotopic (exact) mass is 516 g/mol. The summed E-state index contributed by atoms with van der Waals surface area (Å²) in [5.74, 6) is -2.24. The van der Waals surface area contributed by atoms with Crippen molar-refractivity contribution in [3.63, 3.8) is 0 Å². The van der Waals surface area contributed by atoms with Gasteiger partial charge in [-0.2, -0.15) is 0 Å². The van der Waals surface area contributed by atoms with E-state index in [9.17, 15) is 34.8 Å². The van der Waals surface area contributed by atoms with Crippen molar-refractivity contribution in [1.29, 1.82) is 0 Å². The third kappa shape index (κ3) is 3.71. The van der Waals surface area contributed by atoms with Gasteiger partial charge in [0, 0.05) is 23.2 Å². The molecule has 9 atom stereocenters.